The summed E-state index contributed by atoms with van der Waals surface area (Å²) in [5, 5.41) is 8.67. The molecular formula is C10H17NO3. The Morgan fingerprint density at radius 2 is 2.07 bits per heavy atom. The molecule has 14 heavy (non-hydrogen) atoms. The van der Waals surface area contributed by atoms with E-state index in [1.807, 2.05) is 0 Å². The fourth-order valence-corrected chi connectivity index (χ4v) is 2.13. The Balaban J connectivity index is 2.53. The van der Waals surface area contributed by atoms with Crippen molar-refractivity contribution in [1.29, 1.82) is 0 Å². The van der Waals surface area contributed by atoms with Crippen LogP contribution in [-0.4, -0.2) is 35.0 Å². The first-order chi connectivity index (χ1) is 6.49. The molecule has 4 nitrogen and oxygen atoms in total. The van der Waals surface area contributed by atoms with Crippen molar-refractivity contribution in [2.24, 2.45) is 11.8 Å². The topological polar surface area (TPSA) is 57.6 Å². The third-order valence-corrected chi connectivity index (χ3v) is 2.65. The number of carbonyl (C=O) groups excluding carboxylic acids is 1. The molecule has 1 fully saturated rings. The molecule has 2 atom stereocenters. The van der Waals surface area contributed by atoms with Gasteiger partial charge in [-0.25, -0.2) is 0 Å². The molecule has 0 aliphatic carbocycles. The van der Waals surface area contributed by atoms with Gasteiger partial charge in [0.1, 0.15) is 0 Å². The predicted molar refractivity (Wildman–Crippen MR) is 51.8 cm³/mol. The van der Waals surface area contributed by atoms with Gasteiger partial charge >= 0.3 is 5.97 Å². The zero-order chi connectivity index (χ0) is 10.7. The highest BCUT2D eigenvalue weighted by atomic mass is 16.4. The van der Waals surface area contributed by atoms with Crippen LogP contribution >= 0.6 is 0 Å². The van der Waals surface area contributed by atoms with Crippen LogP contribution in [0, 0.1) is 11.8 Å². The average molecular weight is 199 g/mol. The van der Waals surface area contributed by atoms with Gasteiger partial charge in [0.25, 0.3) is 0 Å². The second-order valence-electron chi connectivity index (χ2n) is 4.23. The number of amides is 1. The highest BCUT2D eigenvalue weighted by molar-refractivity contribution is 5.73. The van der Waals surface area contributed by atoms with Crippen molar-refractivity contribution in [2.75, 3.05) is 13.1 Å². The molecule has 1 heterocycles. The summed E-state index contributed by atoms with van der Waals surface area (Å²) in [5.74, 6) is -0.184. The average Bonchev–Trinajstić information content (AvgIpc) is 2.01. The van der Waals surface area contributed by atoms with Crippen LogP contribution in [0.25, 0.3) is 0 Å². The lowest BCUT2D eigenvalue weighted by molar-refractivity contribution is -0.140. The van der Waals surface area contributed by atoms with Crippen LogP contribution in [0.2, 0.25) is 0 Å². The summed E-state index contributed by atoms with van der Waals surface area (Å²) in [4.78, 5) is 23.5. The standard InChI is InChI=1S/C10H17NO3/c1-7-3-9(4-10(13)14)6-11(5-7)8(2)12/h7,9H,3-6H2,1-2H3,(H,13,14). The molecule has 1 aliphatic rings. The predicted octanol–water partition coefficient (Wildman–Crippen LogP) is 0.966. The molecule has 1 N–H and O–H groups in total. The van der Waals surface area contributed by atoms with Gasteiger partial charge in [-0.1, -0.05) is 6.92 Å². The molecule has 0 aromatic carbocycles. The van der Waals surface area contributed by atoms with Crippen LogP contribution in [-0.2, 0) is 9.59 Å². The minimum Gasteiger partial charge on any atom is -0.481 e. The molecule has 0 spiro atoms. The number of hydrogen-bond donors (Lipinski definition) is 1. The first kappa shape index (κ1) is 11.0. The smallest absolute Gasteiger partial charge is 0.303 e. The SMILES string of the molecule is CC(=O)N1CC(C)CC(CC(=O)O)C1. The molecule has 0 saturated carbocycles. The molecule has 80 valence electrons. The molecule has 1 saturated heterocycles. The minimum absolute atomic E-state index is 0.0481. The summed E-state index contributed by atoms with van der Waals surface area (Å²) >= 11 is 0. The molecule has 0 aromatic rings. The van der Waals surface area contributed by atoms with E-state index < -0.39 is 5.97 Å². The van der Waals surface area contributed by atoms with Gasteiger partial charge in [0.2, 0.25) is 5.91 Å². The zero-order valence-corrected chi connectivity index (χ0v) is 8.69. The van der Waals surface area contributed by atoms with Crippen LogP contribution in [0.1, 0.15) is 26.7 Å². The van der Waals surface area contributed by atoms with E-state index in [1.54, 1.807) is 4.90 Å². The van der Waals surface area contributed by atoms with E-state index in [0.717, 1.165) is 13.0 Å². The lowest BCUT2D eigenvalue weighted by Gasteiger charge is -2.35. The van der Waals surface area contributed by atoms with E-state index in [1.165, 1.54) is 6.92 Å². The zero-order valence-electron chi connectivity index (χ0n) is 8.69. The summed E-state index contributed by atoms with van der Waals surface area (Å²) in [7, 11) is 0. The van der Waals surface area contributed by atoms with E-state index >= 15 is 0 Å². The summed E-state index contributed by atoms with van der Waals surface area (Å²) in [6.07, 6.45) is 1.09. The third kappa shape index (κ3) is 3.01. The van der Waals surface area contributed by atoms with Crippen molar-refractivity contribution < 1.29 is 14.7 Å². The Bertz CT molecular complexity index is 240. The monoisotopic (exact) mass is 199 g/mol. The van der Waals surface area contributed by atoms with Crippen molar-refractivity contribution in [3.05, 3.63) is 0 Å². The minimum atomic E-state index is -0.771. The van der Waals surface area contributed by atoms with Crippen molar-refractivity contribution in [3.8, 4) is 0 Å². The van der Waals surface area contributed by atoms with Crippen LogP contribution in [0.3, 0.4) is 0 Å². The normalized spacial score (nSPS) is 27.4. The first-order valence-electron chi connectivity index (χ1n) is 4.96. The number of nitrogens with zero attached hydrogens (tertiary/aromatic N) is 1. The number of likely N-dealkylation sites (tertiary alicyclic amines) is 1. The second-order valence-corrected chi connectivity index (χ2v) is 4.23. The van der Waals surface area contributed by atoms with Crippen molar-refractivity contribution >= 4 is 11.9 Å². The number of carbonyl (C=O) groups is 2. The van der Waals surface area contributed by atoms with Crippen LogP contribution in [0.5, 0.6) is 0 Å². The van der Waals surface area contributed by atoms with Gasteiger partial charge in [-0.3, -0.25) is 9.59 Å². The van der Waals surface area contributed by atoms with E-state index in [9.17, 15) is 9.59 Å². The van der Waals surface area contributed by atoms with Crippen molar-refractivity contribution in [3.63, 3.8) is 0 Å². The number of rotatable bonds is 2. The number of hydrogen-bond acceptors (Lipinski definition) is 2. The van der Waals surface area contributed by atoms with E-state index in [0.29, 0.717) is 12.5 Å². The van der Waals surface area contributed by atoms with Crippen molar-refractivity contribution in [1.82, 2.24) is 4.90 Å². The highest BCUT2D eigenvalue weighted by Crippen LogP contribution is 2.23. The maximum Gasteiger partial charge on any atom is 0.303 e. The molecule has 0 aromatic heterocycles. The maximum atomic E-state index is 11.2. The van der Waals surface area contributed by atoms with Gasteiger partial charge in [0.05, 0.1) is 0 Å². The molecule has 0 bridgehead atoms. The van der Waals surface area contributed by atoms with Gasteiger partial charge in [0, 0.05) is 26.4 Å². The summed E-state index contributed by atoms with van der Waals surface area (Å²) in [5.41, 5.74) is 0. The quantitative estimate of drug-likeness (QED) is 0.720. The van der Waals surface area contributed by atoms with Gasteiger partial charge < -0.3 is 10.0 Å². The van der Waals surface area contributed by atoms with E-state index in [-0.39, 0.29) is 18.2 Å². The Kier molecular flexibility index (Phi) is 3.49. The van der Waals surface area contributed by atoms with Crippen LogP contribution < -0.4 is 0 Å². The lowest BCUT2D eigenvalue weighted by atomic mass is 9.88. The fraction of sp³-hybridized carbons (Fsp3) is 0.800. The molecule has 1 aliphatic heterocycles. The molecule has 1 rings (SSSR count). The van der Waals surface area contributed by atoms with Crippen molar-refractivity contribution in [2.45, 2.75) is 26.7 Å². The number of carboxylic acids is 1. The Morgan fingerprint density at radius 1 is 1.43 bits per heavy atom. The third-order valence-electron chi connectivity index (χ3n) is 2.65. The number of carboxylic acid groups (broad SMARTS) is 1. The molecule has 4 heteroatoms. The first-order valence-corrected chi connectivity index (χ1v) is 4.96. The Hall–Kier alpha value is -1.06. The van der Waals surface area contributed by atoms with Gasteiger partial charge in [-0.15, -0.1) is 0 Å². The number of aliphatic carboxylic acids is 1. The van der Waals surface area contributed by atoms with Crippen LogP contribution in [0.15, 0.2) is 0 Å². The number of piperidine rings is 1. The highest BCUT2D eigenvalue weighted by Gasteiger charge is 2.27. The van der Waals surface area contributed by atoms with E-state index in [4.69, 9.17) is 5.11 Å². The summed E-state index contributed by atoms with van der Waals surface area (Å²) in [6, 6.07) is 0. The lowest BCUT2D eigenvalue weighted by Crippen LogP contribution is -2.42. The van der Waals surface area contributed by atoms with Gasteiger partial charge in [-0.2, -0.15) is 0 Å². The summed E-state index contributed by atoms with van der Waals surface area (Å²) in [6.45, 7) is 4.97. The Morgan fingerprint density at radius 3 is 2.57 bits per heavy atom. The van der Waals surface area contributed by atoms with Gasteiger partial charge in [0.15, 0.2) is 0 Å². The largest absolute Gasteiger partial charge is 0.481 e. The molecule has 1 amide bonds. The maximum absolute atomic E-state index is 11.2. The van der Waals surface area contributed by atoms with Gasteiger partial charge in [-0.05, 0) is 18.3 Å². The Labute approximate surface area is 83.9 Å². The fourth-order valence-electron chi connectivity index (χ4n) is 2.13. The molecular weight excluding hydrogens is 182 g/mol. The molecule has 2 unspecified atom stereocenters. The molecule has 0 radical (unpaired) electrons. The second kappa shape index (κ2) is 4.44. The summed E-state index contributed by atoms with van der Waals surface area (Å²) < 4.78 is 0. The van der Waals surface area contributed by atoms with E-state index in [2.05, 4.69) is 6.92 Å². The van der Waals surface area contributed by atoms with Crippen LogP contribution in [0.4, 0.5) is 0 Å².